The topological polar surface area (TPSA) is 86.0 Å². The first-order valence-corrected chi connectivity index (χ1v) is 5.95. The highest BCUT2D eigenvalue weighted by Crippen LogP contribution is 2.36. The number of methoxy groups -OCH3 is 1. The average Bonchev–Trinajstić information content (AvgIpc) is 2.40. The van der Waals surface area contributed by atoms with E-state index in [1.807, 2.05) is 0 Å². The van der Waals surface area contributed by atoms with E-state index in [0.29, 0.717) is 23.8 Å². The first kappa shape index (κ1) is 14.1. The molecule has 20 heavy (non-hydrogen) atoms. The van der Waals surface area contributed by atoms with E-state index in [4.69, 9.17) is 13.9 Å². The lowest BCUT2D eigenvalue weighted by Gasteiger charge is -2.11. The van der Waals surface area contributed by atoms with Crippen LogP contribution in [0.1, 0.15) is 15.9 Å². The molecule has 0 spiro atoms. The van der Waals surface area contributed by atoms with E-state index in [-0.39, 0.29) is 29.3 Å². The lowest BCUT2D eigenvalue weighted by molar-refractivity contribution is 0.111. The molecule has 2 rings (SSSR count). The van der Waals surface area contributed by atoms with Gasteiger partial charge in [-0.3, -0.25) is 4.79 Å². The quantitative estimate of drug-likeness (QED) is 0.508. The minimum absolute atomic E-state index is 0.0570. The highest BCUT2D eigenvalue weighted by molar-refractivity contribution is 6.00. The number of carbonyl (C=O) groups is 1. The summed E-state index contributed by atoms with van der Waals surface area (Å²) in [5, 5.41) is 10.5. The fourth-order valence-corrected chi connectivity index (χ4v) is 1.89. The SMILES string of the molecule is COCCOc1cc2c(C)cc(=O)oc2c(C=O)c1O. The molecule has 106 valence electrons. The van der Waals surface area contributed by atoms with Crippen molar-refractivity contribution in [3.63, 3.8) is 0 Å². The van der Waals surface area contributed by atoms with Crippen LogP contribution in [-0.2, 0) is 4.74 Å². The zero-order chi connectivity index (χ0) is 14.7. The Kier molecular flexibility index (Phi) is 4.05. The number of hydrogen-bond donors (Lipinski definition) is 1. The molecule has 0 saturated carbocycles. The van der Waals surface area contributed by atoms with Gasteiger partial charge in [0.2, 0.25) is 0 Å². The molecular formula is C14H14O6. The Labute approximate surface area is 114 Å². The van der Waals surface area contributed by atoms with Crippen molar-refractivity contribution in [1.29, 1.82) is 0 Å². The van der Waals surface area contributed by atoms with E-state index >= 15 is 0 Å². The Morgan fingerprint density at radius 3 is 2.75 bits per heavy atom. The Bertz CT molecular complexity index is 701. The molecule has 1 heterocycles. The number of ether oxygens (including phenoxy) is 2. The van der Waals surface area contributed by atoms with Crippen molar-refractivity contribution in [3.8, 4) is 11.5 Å². The summed E-state index contributed by atoms with van der Waals surface area (Å²) >= 11 is 0. The first-order chi connectivity index (χ1) is 9.58. The summed E-state index contributed by atoms with van der Waals surface area (Å²) in [4.78, 5) is 22.5. The van der Waals surface area contributed by atoms with Crippen molar-refractivity contribution >= 4 is 17.3 Å². The molecule has 1 aromatic heterocycles. The molecule has 0 aliphatic heterocycles. The molecule has 2 aromatic rings. The van der Waals surface area contributed by atoms with Crippen LogP contribution in [0.3, 0.4) is 0 Å². The molecule has 0 fully saturated rings. The van der Waals surface area contributed by atoms with Gasteiger partial charge in [0, 0.05) is 18.6 Å². The number of hydrogen-bond acceptors (Lipinski definition) is 6. The van der Waals surface area contributed by atoms with Crippen molar-refractivity contribution in [2.75, 3.05) is 20.3 Å². The molecule has 6 nitrogen and oxygen atoms in total. The zero-order valence-electron chi connectivity index (χ0n) is 11.1. The third kappa shape index (κ3) is 2.50. The Morgan fingerprint density at radius 2 is 2.10 bits per heavy atom. The zero-order valence-corrected chi connectivity index (χ0v) is 11.1. The van der Waals surface area contributed by atoms with Gasteiger partial charge in [0.15, 0.2) is 23.4 Å². The van der Waals surface area contributed by atoms with E-state index in [1.54, 1.807) is 6.92 Å². The highest BCUT2D eigenvalue weighted by atomic mass is 16.5. The van der Waals surface area contributed by atoms with Gasteiger partial charge in [0.25, 0.3) is 0 Å². The fourth-order valence-electron chi connectivity index (χ4n) is 1.89. The highest BCUT2D eigenvalue weighted by Gasteiger charge is 2.17. The first-order valence-electron chi connectivity index (χ1n) is 5.95. The average molecular weight is 278 g/mol. The number of aldehydes is 1. The number of aromatic hydroxyl groups is 1. The van der Waals surface area contributed by atoms with Crippen LogP contribution in [-0.4, -0.2) is 31.7 Å². The second kappa shape index (κ2) is 5.75. The molecule has 0 aliphatic rings. The molecular weight excluding hydrogens is 264 g/mol. The minimum atomic E-state index is -0.578. The van der Waals surface area contributed by atoms with Crippen LogP contribution in [0.25, 0.3) is 11.0 Å². The summed E-state index contributed by atoms with van der Waals surface area (Å²) in [5.74, 6) is -0.203. The molecule has 0 bridgehead atoms. The molecule has 0 radical (unpaired) electrons. The number of carbonyl (C=O) groups excluding carboxylic acids is 1. The van der Waals surface area contributed by atoms with Crippen molar-refractivity contribution in [1.82, 2.24) is 0 Å². The third-order valence-corrected chi connectivity index (χ3v) is 2.88. The van der Waals surface area contributed by atoms with Gasteiger partial charge in [-0.25, -0.2) is 4.79 Å². The van der Waals surface area contributed by atoms with Gasteiger partial charge in [0.1, 0.15) is 12.2 Å². The van der Waals surface area contributed by atoms with E-state index < -0.39 is 5.63 Å². The van der Waals surface area contributed by atoms with E-state index in [9.17, 15) is 14.7 Å². The van der Waals surface area contributed by atoms with Gasteiger partial charge in [-0.05, 0) is 18.6 Å². The normalized spacial score (nSPS) is 10.7. The maximum atomic E-state index is 11.4. The van der Waals surface area contributed by atoms with Crippen LogP contribution >= 0.6 is 0 Å². The van der Waals surface area contributed by atoms with Crippen LogP contribution in [0.5, 0.6) is 11.5 Å². The summed E-state index contributed by atoms with van der Waals surface area (Å²) in [5.41, 5.74) is 0.0128. The molecule has 6 heteroatoms. The van der Waals surface area contributed by atoms with Gasteiger partial charge in [-0.2, -0.15) is 0 Å². The smallest absolute Gasteiger partial charge is 0.336 e. The molecule has 0 atom stereocenters. The number of benzene rings is 1. The van der Waals surface area contributed by atoms with E-state index in [2.05, 4.69) is 0 Å². The predicted molar refractivity (Wildman–Crippen MR) is 71.6 cm³/mol. The van der Waals surface area contributed by atoms with Gasteiger partial charge < -0.3 is 19.0 Å². The Hall–Kier alpha value is -2.34. The van der Waals surface area contributed by atoms with Crippen molar-refractivity contribution in [2.24, 2.45) is 0 Å². The molecule has 1 aromatic carbocycles. The number of rotatable bonds is 5. The standard InChI is InChI=1S/C14H14O6/c1-8-5-12(16)20-14-9(8)6-11(19-4-3-18-2)13(17)10(14)7-15/h5-7,17H,3-4H2,1-2H3. The second-order valence-electron chi connectivity index (χ2n) is 4.22. The van der Waals surface area contributed by atoms with Crippen molar-refractivity contribution in [2.45, 2.75) is 6.92 Å². The van der Waals surface area contributed by atoms with E-state index in [0.717, 1.165) is 0 Å². The number of phenolic OH excluding ortho intramolecular Hbond substituents is 1. The monoisotopic (exact) mass is 278 g/mol. The third-order valence-electron chi connectivity index (χ3n) is 2.88. The Morgan fingerprint density at radius 1 is 1.35 bits per heavy atom. The van der Waals surface area contributed by atoms with Crippen LogP contribution in [0.4, 0.5) is 0 Å². The molecule has 0 saturated heterocycles. The summed E-state index contributed by atoms with van der Waals surface area (Å²) in [6.07, 6.45) is 0.434. The molecule has 1 N–H and O–H groups in total. The lowest BCUT2D eigenvalue weighted by Crippen LogP contribution is -2.06. The molecule has 0 amide bonds. The summed E-state index contributed by atoms with van der Waals surface area (Å²) in [7, 11) is 1.53. The van der Waals surface area contributed by atoms with Crippen LogP contribution in [0.2, 0.25) is 0 Å². The van der Waals surface area contributed by atoms with Gasteiger partial charge in [0.05, 0.1) is 6.61 Å². The maximum absolute atomic E-state index is 11.4. The van der Waals surface area contributed by atoms with Crippen LogP contribution in [0.15, 0.2) is 21.3 Å². The van der Waals surface area contributed by atoms with Gasteiger partial charge in [-0.15, -0.1) is 0 Å². The molecule has 0 aliphatic carbocycles. The maximum Gasteiger partial charge on any atom is 0.336 e. The predicted octanol–water partition coefficient (Wildman–Crippen LogP) is 1.64. The number of aryl methyl sites for hydroxylation is 1. The summed E-state index contributed by atoms with van der Waals surface area (Å²) in [6.45, 7) is 2.28. The summed E-state index contributed by atoms with van der Waals surface area (Å²) in [6, 6.07) is 2.85. The van der Waals surface area contributed by atoms with Gasteiger partial charge >= 0.3 is 5.63 Å². The fraction of sp³-hybridized carbons (Fsp3) is 0.286. The number of fused-ring (bicyclic) bond motifs is 1. The minimum Gasteiger partial charge on any atom is -0.504 e. The van der Waals surface area contributed by atoms with Crippen molar-refractivity contribution < 1.29 is 23.8 Å². The van der Waals surface area contributed by atoms with Crippen LogP contribution in [0, 0.1) is 6.92 Å². The second-order valence-corrected chi connectivity index (χ2v) is 4.22. The lowest BCUT2D eigenvalue weighted by atomic mass is 10.1. The largest absolute Gasteiger partial charge is 0.504 e. The van der Waals surface area contributed by atoms with E-state index in [1.165, 1.54) is 19.2 Å². The Balaban J connectivity index is 2.64. The van der Waals surface area contributed by atoms with Gasteiger partial charge in [-0.1, -0.05) is 0 Å². The number of phenols is 1. The van der Waals surface area contributed by atoms with Crippen molar-refractivity contribution in [3.05, 3.63) is 33.7 Å². The van der Waals surface area contributed by atoms with Crippen LogP contribution < -0.4 is 10.4 Å². The molecule has 0 unspecified atom stereocenters. The summed E-state index contributed by atoms with van der Waals surface area (Å²) < 4.78 is 15.2.